The Kier molecular flexibility index (Phi) is 6.73. The van der Waals surface area contributed by atoms with Gasteiger partial charge in [-0.25, -0.2) is 0 Å². The molecular formula is C21H23NO6. The van der Waals surface area contributed by atoms with Crippen molar-refractivity contribution in [2.75, 3.05) is 33.5 Å². The lowest BCUT2D eigenvalue weighted by atomic mass is 10.1. The maximum atomic E-state index is 12.0. The van der Waals surface area contributed by atoms with E-state index in [2.05, 4.69) is 5.32 Å². The molecule has 0 aromatic heterocycles. The molecule has 0 spiro atoms. The van der Waals surface area contributed by atoms with E-state index in [1.165, 1.54) is 0 Å². The van der Waals surface area contributed by atoms with Crippen molar-refractivity contribution >= 4 is 11.9 Å². The van der Waals surface area contributed by atoms with Crippen molar-refractivity contribution in [3.8, 4) is 17.2 Å². The average molecular weight is 385 g/mol. The minimum Gasteiger partial charge on any atom is -0.497 e. The van der Waals surface area contributed by atoms with Crippen LogP contribution in [-0.4, -0.2) is 45.4 Å². The first-order valence-electron chi connectivity index (χ1n) is 9.08. The second-order valence-electron chi connectivity index (χ2n) is 6.26. The third-order valence-corrected chi connectivity index (χ3v) is 4.21. The van der Waals surface area contributed by atoms with Crippen LogP contribution in [0.5, 0.6) is 17.2 Å². The highest BCUT2D eigenvalue weighted by atomic mass is 16.6. The summed E-state index contributed by atoms with van der Waals surface area (Å²) in [5, 5.41) is 2.74. The Morgan fingerprint density at radius 1 is 1.00 bits per heavy atom. The lowest BCUT2D eigenvalue weighted by molar-refractivity contribution is -0.147. The molecule has 0 saturated heterocycles. The molecule has 1 heterocycles. The smallest absolute Gasteiger partial charge is 0.310 e. The molecule has 0 saturated carbocycles. The van der Waals surface area contributed by atoms with E-state index in [0.717, 1.165) is 16.9 Å². The number of carbonyl (C=O) groups excluding carboxylic acids is 2. The minimum atomic E-state index is -0.470. The Hall–Kier alpha value is -3.22. The summed E-state index contributed by atoms with van der Waals surface area (Å²) in [6.07, 6.45) is 0.747. The van der Waals surface area contributed by atoms with Gasteiger partial charge in [-0.3, -0.25) is 9.59 Å². The summed E-state index contributed by atoms with van der Waals surface area (Å²) in [5.74, 6) is 1.27. The molecule has 2 aromatic carbocycles. The number of ether oxygens (including phenoxy) is 4. The van der Waals surface area contributed by atoms with Crippen molar-refractivity contribution in [3.05, 3.63) is 53.6 Å². The van der Waals surface area contributed by atoms with Crippen LogP contribution in [0, 0.1) is 0 Å². The molecule has 7 heteroatoms. The van der Waals surface area contributed by atoms with Crippen molar-refractivity contribution in [2.45, 2.75) is 12.8 Å². The van der Waals surface area contributed by atoms with Gasteiger partial charge in [0.1, 0.15) is 19.0 Å². The third kappa shape index (κ3) is 5.64. The van der Waals surface area contributed by atoms with Crippen LogP contribution in [0.4, 0.5) is 0 Å². The van der Waals surface area contributed by atoms with E-state index in [9.17, 15) is 9.59 Å². The second kappa shape index (κ2) is 9.64. The molecule has 0 aliphatic carbocycles. The van der Waals surface area contributed by atoms with Crippen LogP contribution in [0.2, 0.25) is 0 Å². The number of methoxy groups -OCH3 is 1. The van der Waals surface area contributed by atoms with Gasteiger partial charge in [0.2, 0.25) is 0 Å². The van der Waals surface area contributed by atoms with Gasteiger partial charge >= 0.3 is 5.97 Å². The van der Waals surface area contributed by atoms with Crippen molar-refractivity contribution in [1.82, 2.24) is 5.32 Å². The molecule has 2 aromatic rings. The van der Waals surface area contributed by atoms with Crippen LogP contribution < -0.4 is 19.5 Å². The highest BCUT2D eigenvalue weighted by molar-refractivity contribution is 5.81. The summed E-state index contributed by atoms with van der Waals surface area (Å²) in [4.78, 5) is 23.8. The number of hydrogen-bond acceptors (Lipinski definition) is 6. The lowest BCUT2D eigenvalue weighted by Gasteiger charge is -2.18. The lowest BCUT2D eigenvalue weighted by Crippen LogP contribution is -2.30. The molecule has 1 N–H and O–H groups in total. The summed E-state index contributed by atoms with van der Waals surface area (Å²) in [5.41, 5.74) is 1.82. The zero-order valence-corrected chi connectivity index (χ0v) is 15.7. The van der Waals surface area contributed by atoms with Crippen molar-refractivity contribution < 1.29 is 28.5 Å². The summed E-state index contributed by atoms with van der Waals surface area (Å²) in [7, 11) is 1.62. The molecule has 0 atom stereocenters. The molecule has 3 rings (SSSR count). The maximum Gasteiger partial charge on any atom is 0.310 e. The Labute approximate surface area is 163 Å². The van der Waals surface area contributed by atoms with E-state index < -0.39 is 5.97 Å². The maximum absolute atomic E-state index is 12.0. The van der Waals surface area contributed by atoms with Crippen molar-refractivity contribution in [3.63, 3.8) is 0 Å². The van der Waals surface area contributed by atoms with Gasteiger partial charge in [-0.2, -0.15) is 0 Å². The number of hydrogen-bond donors (Lipinski definition) is 1. The summed E-state index contributed by atoms with van der Waals surface area (Å²) in [6.45, 7) is 1.16. The topological polar surface area (TPSA) is 83.1 Å². The SMILES string of the molecule is COc1ccc(CCNC(=O)COC(=O)Cc2ccc3c(c2)OCCO3)cc1. The molecule has 0 fully saturated rings. The van der Waals surface area contributed by atoms with Crippen LogP contribution in [0.15, 0.2) is 42.5 Å². The Morgan fingerprint density at radius 3 is 2.46 bits per heavy atom. The van der Waals surface area contributed by atoms with Gasteiger partial charge in [0, 0.05) is 6.54 Å². The van der Waals surface area contributed by atoms with E-state index in [-0.39, 0.29) is 18.9 Å². The molecule has 7 nitrogen and oxygen atoms in total. The largest absolute Gasteiger partial charge is 0.497 e. The van der Waals surface area contributed by atoms with E-state index >= 15 is 0 Å². The van der Waals surface area contributed by atoms with Crippen molar-refractivity contribution in [1.29, 1.82) is 0 Å². The molecular weight excluding hydrogens is 362 g/mol. The van der Waals surface area contributed by atoms with Crippen LogP contribution in [0.25, 0.3) is 0 Å². The number of esters is 1. The molecule has 0 bridgehead atoms. The summed E-state index contributed by atoms with van der Waals surface area (Å²) >= 11 is 0. The standard InChI is InChI=1S/C21H23NO6/c1-25-17-5-2-15(3-6-17)8-9-22-20(23)14-28-21(24)13-16-4-7-18-19(12-16)27-11-10-26-18/h2-7,12H,8-11,13-14H2,1H3,(H,22,23). The van der Waals surface area contributed by atoms with Gasteiger partial charge in [-0.1, -0.05) is 18.2 Å². The normalized spacial score (nSPS) is 12.2. The summed E-state index contributed by atoms with van der Waals surface area (Å²) in [6, 6.07) is 12.9. The predicted octanol–water partition coefficient (Wildman–Crippen LogP) is 1.91. The van der Waals surface area contributed by atoms with Gasteiger partial charge in [-0.05, 0) is 41.8 Å². The van der Waals surface area contributed by atoms with Crippen molar-refractivity contribution in [2.24, 2.45) is 0 Å². The quantitative estimate of drug-likeness (QED) is 0.699. The fourth-order valence-corrected chi connectivity index (χ4v) is 2.75. The highest BCUT2D eigenvalue weighted by Gasteiger charge is 2.14. The predicted molar refractivity (Wildman–Crippen MR) is 102 cm³/mol. The van der Waals surface area contributed by atoms with E-state index in [1.807, 2.05) is 24.3 Å². The second-order valence-corrected chi connectivity index (χ2v) is 6.26. The first kappa shape index (κ1) is 19.5. The summed E-state index contributed by atoms with van der Waals surface area (Å²) < 4.78 is 21.1. The number of fused-ring (bicyclic) bond motifs is 1. The minimum absolute atomic E-state index is 0.0652. The molecule has 1 amide bonds. The number of rotatable bonds is 8. The van der Waals surface area contributed by atoms with Crippen LogP contribution >= 0.6 is 0 Å². The van der Waals surface area contributed by atoms with Crippen LogP contribution in [-0.2, 0) is 27.2 Å². The molecule has 0 radical (unpaired) electrons. The zero-order chi connectivity index (χ0) is 19.8. The van der Waals surface area contributed by atoms with Crippen LogP contribution in [0.1, 0.15) is 11.1 Å². The number of amides is 1. The van der Waals surface area contributed by atoms with Crippen LogP contribution in [0.3, 0.4) is 0 Å². The Balaban J connectivity index is 1.36. The first-order valence-corrected chi connectivity index (χ1v) is 9.08. The fraction of sp³-hybridized carbons (Fsp3) is 0.333. The zero-order valence-electron chi connectivity index (χ0n) is 15.7. The molecule has 1 aliphatic rings. The van der Waals surface area contributed by atoms with E-state index in [1.54, 1.807) is 25.3 Å². The average Bonchev–Trinajstić information content (AvgIpc) is 2.73. The van der Waals surface area contributed by atoms with Gasteiger partial charge in [0.15, 0.2) is 18.1 Å². The molecule has 1 aliphatic heterocycles. The number of carbonyl (C=O) groups is 2. The van der Waals surface area contributed by atoms with Gasteiger partial charge in [0.05, 0.1) is 13.5 Å². The first-order chi connectivity index (χ1) is 13.6. The number of benzene rings is 2. The van der Waals surface area contributed by atoms with Gasteiger partial charge < -0.3 is 24.3 Å². The third-order valence-electron chi connectivity index (χ3n) is 4.21. The fourth-order valence-electron chi connectivity index (χ4n) is 2.75. The molecule has 148 valence electrons. The van der Waals surface area contributed by atoms with Gasteiger partial charge in [-0.15, -0.1) is 0 Å². The number of nitrogens with one attached hydrogen (secondary N) is 1. The monoisotopic (exact) mass is 385 g/mol. The Bertz CT molecular complexity index is 818. The van der Waals surface area contributed by atoms with Gasteiger partial charge in [0.25, 0.3) is 5.91 Å². The molecule has 0 unspecified atom stereocenters. The van der Waals surface area contributed by atoms with E-state index in [0.29, 0.717) is 37.7 Å². The highest BCUT2D eigenvalue weighted by Crippen LogP contribution is 2.30. The molecule has 28 heavy (non-hydrogen) atoms. The van der Waals surface area contributed by atoms with E-state index in [4.69, 9.17) is 18.9 Å². The Morgan fingerprint density at radius 2 is 1.71 bits per heavy atom.